The van der Waals surface area contributed by atoms with Crippen LogP contribution in [0.15, 0.2) is 48.7 Å². The molecule has 0 spiro atoms. The number of carbonyl (C=O) groups is 4. The summed E-state index contributed by atoms with van der Waals surface area (Å²) in [7, 11) is 2.52. The van der Waals surface area contributed by atoms with Gasteiger partial charge in [-0.15, -0.1) is 0 Å². The van der Waals surface area contributed by atoms with Crippen molar-refractivity contribution in [3.05, 3.63) is 65.9 Å². The van der Waals surface area contributed by atoms with Crippen molar-refractivity contribution >= 4 is 45.8 Å². The average molecular weight is 739 g/mol. The Labute approximate surface area is 312 Å². The number of carbonyl (C=O) groups excluding carboxylic acids is 4. The third kappa shape index (κ3) is 7.94. The first-order chi connectivity index (χ1) is 26.0. The molecule has 6 rings (SSSR count). The lowest BCUT2D eigenvalue weighted by Gasteiger charge is -2.28. The lowest BCUT2D eigenvalue weighted by Crippen LogP contribution is -2.47. The number of benzene rings is 3. The van der Waals surface area contributed by atoms with E-state index in [1.165, 1.54) is 14.2 Å². The molecule has 0 unspecified atom stereocenters. The van der Waals surface area contributed by atoms with Crippen LogP contribution >= 0.6 is 0 Å². The number of imidazole rings is 2. The van der Waals surface area contributed by atoms with Crippen molar-refractivity contribution in [3.63, 3.8) is 0 Å². The Bertz CT molecular complexity index is 2190. The van der Waals surface area contributed by atoms with E-state index < -0.39 is 18.2 Å². The van der Waals surface area contributed by atoms with Crippen LogP contribution in [0.3, 0.4) is 0 Å². The maximum atomic E-state index is 13.2. The van der Waals surface area contributed by atoms with E-state index in [-0.39, 0.29) is 37.5 Å². The third-order valence-electron chi connectivity index (χ3n) is 9.71. The highest BCUT2D eigenvalue weighted by Crippen LogP contribution is 2.42. The summed E-state index contributed by atoms with van der Waals surface area (Å²) in [6.07, 6.45) is 1.92. The van der Waals surface area contributed by atoms with Gasteiger partial charge in [0, 0.05) is 23.5 Å². The quantitative estimate of drug-likeness (QED) is 0.119. The fourth-order valence-electron chi connectivity index (χ4n) is 6.66. The highest BCUT2D eigenvalue weighted by Gasteiger charge is 2.25. The Morgan fingerprint density at radius 1 is 0.944 bits per heavy atom. The van der Waals surface area contributed by atoms with Crippen LogP contribution in [0.5, 0.6) is 5.75 Å². The van der Waals surface area contributed by atoms with Gasteiger partial charge < -0.3 is 44.6 Å². The van der Waals surface area contributed by atoms with Gasteiger partial charge in [-0.3, -0.25) is 9.59 Å². The van der Waals surface area contributed by atoms with Crippen LogP contribution in [0.2, 0.25) is 0 Å². The molecule has 15 heteroatoms. The summed E-state index contributed by atoms with van der Waals surface area (Å²) in [4.78, 5) is 68.9. The largest absolute Gasteiger partial charge is 0.488 e. The van der Waals surface area contributed by atoms with Gasteiger partial charge in [0.1, 0.15) is 36.6 Å². The Kier molecular flexibility index (Phi) is 11.3. The second-order valence-electron chi connectivity index (χ2n) is 13.4. The topological polar surface area (TPSA) is 184 Å². The summed E-state index contributed by atoms with van der Waals surface area (Å²) in [5.41, 5.74) is 6.46. The maximum absolute atomic E-state index is 13.2. The molecule has 1 aliphatic rings. The molecule has 0 aliphatic carbocycles. The van der Waals surface area contributed by atoms with Gasteiger partial charge in [-0.2, -0.15) is 0 Å². The minimum Gasteiger partial charge on any atom is -0.488 e. The van der Waals surface area contributed by atoms with E-state index in [1.54, 1.807) is 22.9 Å². The van der Waals surface area contributed by atoms with Crippen LogP contribution in [0.1, 0.15) is 57.7 Å². The fourth-order valence-corrected chi connectivity index (χ4v) is 6.66. The van der Waals surface area contributed by atoms with Crippen LogP contribution in [0, 0.1) is 0 Å². The first kappa shape index (κ1) is 37.6. The molecule has 0 radical (unpaired) electrons. The fraction of sp³-hybridized carbons (Fsp3) is 0.385. The van der Waals surface area contributed by atoms with Gasteiger partial charge in [-0.25, -0.2) is 19.6 Å². The zero-order valence-electron chi connectivity index (χ0n) is 31.4. The second kappa shape index (κ2) is 16.3. The predicted molar refractivity (Wildman–Crippen MR) is 202 cm³/mol. The standard InChI is InChI=1S/C39H46N8O7/c1-7-13-46(37(49)23(4)42-39(51)53-6)19-34-43-30-12-10-24-15-29-27-11-9-25(14-26(27)21-54-32(29)16-28(24)36(30)45-34)31-17-40-33(44-31)20-47(22(3)8-2)35(48)18-41-38(50)52-5/h9-12,14-17,22-23H,7-8,13,18-21H2,1-6H3,(H,40,44)(H,41,50)(H,42,51)(H,43,45)/t22-,23-/m0/s1. The minimum absolute atomic E-state index is 0.0622. The summed E-state index contributed by atoms with van der Waals surface area (Å²) in [5, 5.41) is 6.97. The Morgan fingerprint density at radius 2 is 1.74 bits per heavy atom. The lowest BCUT2D eigenvalue weighted by molar-refractivity contribution is -0.134. The number of nitrogens with one attached hydrogen (secondary N) is 4. The molecule has 54 heavy (non-hydrogen) atoms. The van der Waals surface area contributed by atoms with Gasteiger partial charge in [0.2, 0.25) is 11.8 Å². The van der Waals surface area contributed by atoms with Crippen LogP contribution in [0.4, 0.5) is 9.59 Å². The van der Waals surface area contributed by atoms with Crippen molar-refractivity contribution < 1.29 is 33.4 Å². The zero-order valence-corrected chi connectivity index (χ0v) is 31.4. The minimum atomic E-state index is -0.750. The van der Waals surface area contributed by atoms with Gasteiger partial charge in [0.05, 0.1) is 50.2 Å². The van der Waals surface area contributed by atoms with Crippen LogP contribution in [-0.2, 0) is 38.8 Å². The lowest BCUT2D eigenvalue weighted by atomic mass is 9.92. The van der Waals surface area contributed by atoms with Crippen molar-refractivity contribution in [2.45, 2.75) is 72.3 Å². The SMILES string of the molecule is CCCN(Cc1nc2ccc3cc4c(cc3c2[nH]1)OCc1cc(-c2cnc(CN(C(=O)CNC(=O)OC)[C@@H](C)CC)[nH]2)ccc1-4)C(=O)[C@H](C)NC(=O)OC. The predicted octanol–water partition coefficient (Wildman–Crippen LogP) is 5.63. The zero-order chi connectivity index (χ0) is 38.5. The van der Waals surface area contributed by atoms with E-state index >= 15 is 0 Å². The summed E-state index contributed by atoms with van der Waals surface area (Å²) in [6.45, 7) is 8.82. The smallest absolute Gasteiger partial charge is 0.407 e. The van der Waals surface area contributed by atoms with E-state index in [4.69, 9.17) is 9.72 Å². The van der Waals surface area contributed by atoms with Crippen molar-refractivity contribution in [2.75, 3.05) is 27.3 Å². The molecular formula is C39H46N8O7. The molecule has 2 atom stereocenters. The van der Waals surface area contributed by atoms with E-state index in [0.29, 0.717) is 24.8 Å². The monoisotopic (exact) mass is 738 g/mol. The number of hydrogen-bond donors (Lipinski definition) is 4. The molecule has 3 aromatic carbocycles. The summed E-state index contributed by atoms with van der Waals surface area (Å²) in [5.74, 6) is 1.57. The van der Waals surface area contributed by atoms with E-state index in [1.807, 2.05) is 45.0 Å². The first-order valence-electron chi connectivity index (χ1n) is 18.0. The average Bonchev–Trinajstić information content (AvgIpc) is 3.84. The first-order valence-corrected chi connectivity index (χ1v) is 18.0. The molecule has 1 aliphatic heterocycles. The van der Waals surface area contributed by atoms with Gasteiger partial charge in [-0.05, 0) is 73.0 Å². The number of ether oxygens (including phenoxy) is 3. The van der Waals surface area contributed by atoms with Gasteiger partial charge in [-0.1, -0.05) is 32.0 Å². The number of nitrogens with zero attached hydrogens (tertiary/aromatic N) is 4. The molecule has 4 N–H and O–H groups in total. The number of hydrogen-bond acceptors (Lipinski definition) is 9. The van der Waals surface area contributed by atoms with E-state index in [2.05, 4.69) is 53.3 Å². The van der Waals surface area contributed by atoms with Crippen LogP contribution in [0.25, 0.3) is 44.2 Å². The van der Waals surface area contributed by atoms with Crippen molar-refractivity contribution in [2.24, 2.45) is 0 Å². The molecule has 5 aromatic rings. The molecule has 284 valence electrons. The van der Waals surface area contributed by atoms with Crippen LogP contribution < -0.4 is 15.4 Å². The number of aromatic amines is 2. The number of amides is 4. The van der Waals surface area contributed by atoms with Crippen molar-refractivity contribution in [1.29, 1.82) is 0 Å². The Hall–Kier alpha value is -6.12. The number of rotatable bonds is 13. The third-order valence-corrected chi connectivity index (χ3v) is 9.71. The van der Waals surface area contributed by atoms with Gasteiger partial charge in [0.25, 0.3) is 0 Å². The molecule has 3 heterocycles. The number of alkyl carbamates (subject to hydrolysis) is 2. The second-order valence-corrected chi connectivity index (χ2v) is 13.4. The van der Waals surface area contributed by atoms with Gasteiger partial charge in [0.15, 0.2) is 0 Å². The molecule has 2 aromatic heterocycles. The van der Waals surface area contributed by atoms with E-state index in [9.17, 15) is 19.2 Å². The molecule has 4 amide bonds. The molecule has 0 saturated carbocycles. The maximum Gasteiger partial charge on any atom is 0.407 e. The highest BCUT2D eigenvalue weighted by molar-refractivity contribution is 6.07. The molecule has 15 nitrogen and oxygen atoms in total. The number of methoxy groups -OCH3 is 2. The summed E-state index contributed by atoms with van der Waals surface area (Å²) >= 11 is 0. The normalized spacial score (nSPS) is 12.9. The van der Waals surface area contributed by atoms with Gasteiger partial charge >= 0.3 is 12.2 Å². The highest BCUT2D eigenvalue weighted by atomic mass is 16.5. The Balaban J connectivity index is 1.21. The molecule has 0 saturated heterocycles. The number of aromatic nitrogens is 4. The molecule has 0 bridgehead atoms. The number of fused-ring (bicyclic) bond motifs is 6. The van der Waals surface area contributed by atoms with Crippen molar-refractivity contribution in [1.82, 2.24) is 40.4 Å². The molecular weight excluding hydrogens is 692 g/mol. The summed E-state index contributed by atoms with van der Waals surface area (Å²) < 4.78 is 15.6. The molecule has 0 fully saturated rings. The van der Waals surface area contributed by atoms with Crippen LogP contribution in [-0.4, -0.2) is 93.1 Å². The summed E-state index contributed by atoms with van der Waals surface area (Å²) in [6, 6.07) is 13.6. The van der Waals surface area contributed by atoms with Crippen molar-refractivity contribution in [3.8, 4) is 28.1 Å². The van der Waals surface area contributed by atoms with E-state index in [0.717, 1.165) is 68.3 Å². The Morgan fingerprint density at radius 3 is 2.48 bits per heavy atom. The number of H-pyrrole nitrogens is 2.